The molecule has 25 heavy (non-hydrogen) atoms. The van der Waals surface area contributed by atoms with Crippen LogP contribution in [0.25, 0.3) is 0 Å². The van der Waals surface area contributed by atoms with Crippen LogP contribution in [0.2, 0.25) is 5.32 Å². The summed E-state index contributed by atoms with van der Waals surface area (Å²) in [5.41, 5.74) is 5.85. The van der Waals surface area contributed by atoms with Crippen LogP contribution in [0.1, 0.15) is 18.2 Å². The van der Waals surface area contributed by atoms with Gasteiger partial charge in [0.25, 0.3) is 0 Å². The van der Waals surface area contributed by atoms with Crippen molar-refractivity contribution in [2.24, 2.45) is 5.73 Å². The van der Waals surface area contributed by atoms with E-state index in [2.05, 4.69) is 4.98 Å². The Morgan fingerprint density at radius 3 is 2.76 bits per heavy atom. The van der Waals surface area contributed by atoms with Crippen LogP contribution in [0, 0.1) is 6.92 Å². The molecule has 3 N–H and O–H groups in total. The van der Waals surface area contributed by atoms with Gasteiger partial charge in [0, 0.05) is 0 Å². The third-order valence-corrected chi connectivity index (χ3v) is 6.52. The molecule has 1 saturated heterocycles. The molecule has 0 spiro atoms. The van der Waals surface area contributed by atoms with Crippen molar-refractivity contribution in [3.05, 3.63) is 56.9 Å². The quantitative estimate of drug-likeness (QED) is 0.672. The Balaban J connectivity index is 1.66. The van der Waals surface area contributed by atoms with Gasteiger partial charge in [0.15, 0.2) is 0 Å². The standard InChI is InChI=1S/C17H21N3O4Se/c1-10-8-20(17(22)19-16(10)21)15-7-13(18)14(24-15)9-25-12-5-3-11(23-2)4-6-12/h3-6,8,13-15H,7,9,18H2,1-2H3,(H,19,21,22)/t13-,14+,15+/m0/s1. The minimum atomic E-state index is -0.464. The van der Waals surface area contributed by atoms with Gasteiger partial charge in [-0.15, -0.1) is 0 Å². The van der Waals surface area contributed by atoms with Crippen molar-refractivity contribution in [3.8, 4) is 5.75 Å². The number of nitrogens with two attached hydrogens (primary N) is 1. The van der Waals surface area contributed by atoms with Gasteiger partial charge in [0.2, 0.25) is 0 Å². The molecule has 2 heterocycles. The first-order valence-electron chi connectivity index (χ1n) is 7.98. The van der Waals surface area contributed by atoms with Crippen LogP contribution < -0.4 is 26.2 Å². The fourth-order valence-corrected chi connectivity index (χ4v) is 4.86. The molecule has 3 rings (SSSR count). The van der Waals surface area contributed by atoms with Crippen LogP contribution >= 0.6 is 0 Å². The van der Waals surface area contributed by atoms with Gasteiger partial charge in [0.05, 0.1) is 0 Å². The van der Waals surface area contributed by atoms with E-state index >= 15 is 0 Å². The zero-order valence-corrected chi connectivity index (χ0v) is 15.8. The second kappa shape index (κ2) is 7.58. The number of nitrogens with zero attached hydrogens (tertiary/aromatic N) is 1. The Morgan fingerprint density at radius 1 is 1.36 bits per heavy atom. The summed E-state index contributed by atoms with van der Waals surface area (Å²) in [6, 6.07) is 7.85. The molecular formula is C17H21N3O4Se. The van der Waals surface area contributed by atoms with Crippen molar-refractivity contribution in [2.45, 2.75) is 37.0 Å². The Bertz CT molecular complexity index is 846. The molecule has 0 bridgehead atoms. The first-order valence-corrected chi connectivity index (χ1v) is 10.0. The number of aromatic amines is 1. The second-order valence-electron chi connectivity index (χ2n) is 5.99. The number of hydrogen-bond acceptors (Lipinski definition) is 5. The van der Waals surface area contributed by atoms with E-state index in [9.17, 15) is 9.59 Å². The maximum absolute atomic E-state index is 12.0. The van der Waals surface area contributed by atoms with Gasteiger partial charge in [0.1, 0.15) is 0 Å². The van der Waals surface area contributed by atoms with Crippen LogP contribution in [-0.4, -0.2) is 43.8 Å². The Kier molecular flexibility index (Phi) is 5.44. The van der Waals surface area contributed by atoms with Crippen LogP contribution in [0.3, 0.4) is 0 Å². The summed E-state index contributed by atoms with van der Waals surface area (Å²) in [6.07, 6.45) is 1.55. The van der Waals surface area contributed by atoms with E-state index in [0.29, 0.717) is 12.0 Å². The van der Waals surface area contributed by atoms with Crippen LogP contribution in [-0.2, 0) is 4.74 Å². The van der Waals surface area contributed by atoms with E-state index in [1.165, 1.54) is 15.2 Å². The molecule has 3 atom stereocenters. The molecule has 0 amide bonds. The second-order valence-corrected chi connectivity index (χ2v) is 8.29. The van der Waals surface area contributed by atoms with Crippen molar-refractivity contribution in [2.75, 3.05) is 7.11 Å². The molecule has 0 radical (unpaired) electrons. The summed E-state index contributed by atoms with van der Waals surface area (Å²) < 4.78 is 13.8. The SMILES string of the molecule is COc1ccc([Se]C[C@H]2O[C@@H](n3cc(C)c(=O)[nH]c3=O)C[C@@H]2N)cc1. The topological polar surface area (TPSA) is 99.3 Å². The van der Waals surface area contributed by atoms with E-state index in [4.69, 9.17) is 15.2 Å². The normalized spacial score (nSPS) is 22.9. The minimum absolute atomic E-state index is 0.105. The van der Waals surface area contributed by atoms with Crippen molar-refractivity contribution in [1.29, 1.82) is 0 Å². The third kappa shape index (κ3) is 4.04. The van der Waals surface area contributed by atoms with E-state index in [1.807, 2.05) is 24.3 Å². The number of aromatic nitrogens is 2. The predicted octanol–water partition coefficient (Wildman–Crippen LogP) is -0.0836. The Morgan fingerprint density at radius 2 is 2.08 bits per heavy atom. The molecule has 1 aliphatic heterocycles. The molecule has 1 aromatic heterocycles. The average Bonchev–Trinajstić information content (AvgIpc) is 2.97. The predicted molar refractivity (Wildman–Crippen MR) is 95.8 cm³/mol. The molecule has 1 fully saturated rings. The van der Waals surface area contributed by atoms with Gasteiger partial charge in [-0.25, -0.2) is 0 Å². The number of aryl methyl sites for hydroxylation is 1. The number of nitrogens with one attached hydrogen (secondary N) is 1. The maximum atomic E-state index is 12.0. The van der Waals surface area contributed by atoms with E-state index in [-0.39, 0.29) is 32.7 Å². The number of rotatable bonds is 5. The Labute approximate surface area is 151 Å². The first-order chi connectivity index (χ1) is 12.0. The zero-order chi connectivity index (χ0) is 18.0. The van der Waals surface area contributed by atoms with Crippen molar-refractivity contribution >= 4 is 19.4 Å². The summed E-state index contributed by atoms with van der Waals surface area (Å²) in [4.78, 5) is 25.8. The fraction of sp³-hybridized carbons (Fsp3) is 0.412. The monoisotopic (exact) mass is 411 g/mol. The molecule has 0 saturated carbocycles. The van der Waals surface area contributed by atoms with Gasteiger partial charge in [-0.2, -0.15) is 0 Å². The van der Waals surface area contributed by atoms with Gasteiger partial charge in [-0.1, -0.05) is 0 Å². The van der Waals surface area contributed by atoms with E-state index < -0.39 is 11.9 Å². The number of methoxy groups -OCH3 is 1. The van der Waals surface area contributed by atoms with E-state index in [0.717, 1.165) is 11.1 Å². The summed E-state index contributed by atoms with van der Waals surface area (Å²) in [7, 11) is 1.64. The molecule has 0 aliphatic carbocycles. The van der Waals surface area contributed by atoms with Gasteiger partial charge in [-0.3, -0.25) is 0 Å². The zero-order valence-electron chi connectivity index (χ0n) is 14.1. The number of hydrogen-bond donors (Lipinski definition) is 2. The summed E-state index contributed by atoms with van der Waals surface area (Å²) >= 11 is 0.218. The number of H-pyrrole nitrogens is 1. The van der Waals surface area contributed by atoms with Crippen LogP contribution in [0.15, 0.2) is 40.1 Å². The van der Waals surface area contributed by atoms with Crippen molar-refractivity contribution in [3.63, 3.8) is 0 Å². The molecule has 7 nitrogen and oxygen atoms in total. The third-order valence-electron chi connectivity index (χ3n) is 4.21. The molecular weight excluding hydrogens is 389 g/mol. The van der Waals surface area contributed by atoms with Crippen LogP contribution in [0.5, 0.6) is 5.75 Å². The number of benzene rings is 1. The molecule has 2 aromatic rings. The van der Waals surface area contributed by atoms with Crippen molar-refractivity contribution in [1.82, 2.24) is 9.55 Å². The van der Waals surface area contributed by atoms with Gasteiger partial charge in [-0.05, 0) is 0 Å². The van der Waals surface area contributed by atoms with Gasteiger partial charge < -0.3 is 0 Å². The summed E-state index contributed by atoms with van der Waals surface area (Å²) in [5.74, 6) is 0.834. The summed E-state index contributed by atoms with van der Waals surface area (Å²) in [6.45, 7) is 1.66. The average molecular weight is 410 g/mol. The number of ether oxygens (including phenoxy) is 2. The fourth-order valence-electron chi connectivity index (χ4n) is 2.74. The molecule has 1 aliphatic rings. The van der Waals surface area contributed by atoms with E-state index in [1.54, 1.807) is 14.0 Å². The molecule has 8 heteroatoms. The first kappa shape index (κ1) is 17.9. The summed E-state index contributed by atoms with van der Waals surface area (Å²) in [5, 5.41) is 0.827. The molecule has 1 aromatic carbocycles. The molecule has 134 valence electrons. The molecule has 0 unspecified atom stereocenters. The van der Waals surface area contributed by atoms with Crippen molar-refractivity contribution < 1.29 is 9.47 Å². The van der Waals surface area contributed by atoms with Crippen LogP contribution in [0.4, 0.5) is 0 Å². The van der Waals surface area contributed by atoms with Gasteiger partial charge >= 0.3 is 151 Å². The Hall–Kier alpha value is -1.86.